The Labute approximate surface area is 112 Å². The Morgan fingerprint density at radius 3 is 2.00 bits per heavy atom. The third-order valence-corrected chi connectivity index (χ3v) is 3.00. The van der Waals surface area contributed by atoms with Gasteiger partial charge in [-0.2, -0.15) is 0 Å². The fourth-order valence-electron chi connectivity index (χ4n) is 2.12. The molecule has 2 aromatic carbocycles. The molecule has 0 bridgehead atoms. The van der Waals surface area contributed by atoms with Gasteiger partial charge in [0.05, 0.1) is 19.8 Å². The molecule has 0 atom stereocenters. The van der Waals surface area contributed by atoms with Crippen LogP contribution in [0.25, 0.3) is 11.1 Å². The number of hydrogen-bond acceptors (Lipinski definition) is 3. The molecule has 19 heavy (non-hydrogen) atoms. The summed E-state index contributed by atoms with van der Waals surface area (Å²) in [5.74, 6) is 1.39. The summed E-state index contributed by atoms with van der Waals surface area (Å²) in [6.07, 6.45) is 0. The van der Waals surface area contributed by atoms with E-state index in [1.807, 2.05) is 42.5 Å². The lowest BCUT2D eigenvalue weighted by atomic mass is 9.96. The monoisotopic (exact) mass is 256 g/mol. The summed E-state index contributed by atoms with van der Waals surface area (Å²) in [7, 11) is 3.21. The highest BCUT2D eigenvalue weighted by Crippen LogP contribution is 2.39. The zero-order valence-electron chi connectivity index (χ0n) is 11.3. The van der Waals surface area contributed by atoms with Gasteiger partial charge in [-0.05, 0) is 24.6 Å². The summed E-state index contributed by atoms with van der Waals surface area (Å²) in [6, 6.07) is 13.0. The number of hydrogen-bond donors (Lipinski definition) is 0. The lowest BCUT2D eigenvalue weighted by Gasteiger charge is -2.15. The Morgan fingerprint density at radius 2 is 1.47 bits per heavy atom. The Balaban J connectivity index is 2.74. The molecule has 0 aliphatic carbocycles. The quantitative estimate of drug-likeness (QED) is 0.784. The second kappa shape index (κ2) is 5.57. The van der Waals surface area contributed by atoms with E-state index < -0.39 is 0 Å². The fourth-order valence-corrected chi connectivity index (χ4v) is 2.12. The summed E-state index contributed by atoms with van der Waals surface area (Å²) in [5.41, 5.74) is 2.29. The predicted octanol–water partition coefficient (Wildman–Crippen LogP) is 3.57. The van der Waals surface area contributed by atoms with Gasteiger partial charge in [0.15, 0.2) is 5.78 Å². The highest BCUT2D eigenvalue weighted by atomic mass is 16.5. The van der Waals surface area contributed by atoms with E-state index in [1.165, 1.54) is 0 Å². The van der Waals surface area contributed by atoms with E-state index in [0.29, 0.717) is 17.1 Å². The van der Waals surface area contributed by atoms with Crippen molar-refractivity contribution in [3.05, 3.63) is 48.0 Å². The van der Waals surface area contributed by atoms with Gasteiger partial charge in [-0.1, -0.05) is 30.3 Å². The van der Waals surface area contributed by atoms with Crippen molar-refractivity contribution in [3.8, 4) is 22.6 Å². The third kappa shape index (κ3) is 2.45. The lowest BCUT2D eigenvalue weighted by molar-refractivity contribution is 0.101. The molecule has 0 aliphatic heterocycles. The minimum absolute atomic E-state index is 0.0172. The number of methoxy groups -OCH3 is 2. The average molecular weight is 256 g/mol. The van der Waals surface area contributed by atoms with Gasteiger partial charge in [-0.25, -0.2) is 0 Å². The van der Waals surface area contributed by atoms with Crippen LogP contribution in [0.4, 0.5) is 0 Å². The predicted molar refractivity (Wildman–Crippen MR) is 75.0 cm³/mol. The van der Waals surface area contributed by atoms with Gasteiger partial charge >= 0.3 is 0 Å². The highest BCUT2D eigenvalue weighted by Gasteiger charge is 2.16. The van der Waals surface area contributed by atoms with Gasteiger partial charge < -0.3 is 9.47 Å². The molecule has 0 amide bonds. The Kier molecular flexibility index (Phi) is 3.85. The molecule has 0 N–H and O–H groups in total. The minimum atomic E-state index is 0.0172. The van der Waals surface area contributed by atoms with E-state index in [2.05, 4.69) is 0 Å². The Bertz CT molecular complexity index is 580. The number of ether oxygens (including phenoxy) is 2. The van der Waals surface area contributed by atoms with Gasteiger partial charge in [-0.15, -0.1) is 0 Å². The number of carbonyl (C=O) groups is 1. The van der Waals surface area contributed by atoms with Gasteiger partial charge in [0.25, 0.3) is 0 Å². The van der Waals surface area contributed by atoms with Crippen LogP contribution in [0, 0.1) is 0 Å². The van der Waals surface area contributed by atoms with Crippen molar-refractivity contribution in [3.63, 3.8) is 0 Å². The molecule has 0 radical (unpaired) electrons. The van der Waals surface area contributed by atoms with E-state index in [4.69, 9.17) is 9.47 Å². The smallest absolute Gasteiger partial charge is 0.160 e. The van der Waals surface area contributed by atoms with Crippen LogP contribution in [-0.2, 0) is 0 Å². The normalized spacial score (nSPS) is 10.1. The minimum Gasteiger partial charge on any atom is -0.496 e. The molecule has 0 unspecified atom stereocenters. The second-order valence-corrected chi connectivity index (χ2v) is 4.14. The molecule has 98 valence electrons. The van der Waals surface area contributed by atoms with Crippen molar-refractivity contribution in [2.45, 2.75) is 6.92 Å². The molecule has 0 fully saturated rings. The van der Waals surface area contributed by atoms with Gasteiger partial charge in [0.2, 0.25) is 0 Å². The molecule has 0 heterocycles. The van der Waals surface area contributed by atoms with E-state index in [1.54, 1.807) is 21.1 Å². The first-order valence-corrected chi connectivity index (χ1v) is 6.00. The zero-order chi connectivity index (χ0) is 13.8. The van der Waals surface area contributed by atoms with Crippen LogP contribution >= 0.6 is 0 Å². The maximum Gasteiger partial charge on any atom is 0.160 e. The number of benzene rings is 2. The first kappa shape index (κ1) is 13.1. The molecule has 3 heteroatoms. The second-order valence-electron chi connectivity index (χ2n) is 4.14. The fraction of sp³-hybridized carbons (Fsp3) is 0.188. The Morgan fingerprint density at radius 1 is 0.895 bits per heavy atom. The van der Waals surface area contributed by atoms with E-state index in [-0.39, 0.29) is 5.78 Å². The number of ketones is 1. The van der Waals surface area contributed by atoms with E-state index in [0.717, 1.165) is 11.1 Å². The van der Waals surface area contributed by atoms with Crippen LogP contribution in [0.2, 0.25) is 0 Å². The molecule has 0 aliphatic rings. The molecule has 0 saturated heterocycles. The summed E-state index contributed by atoms with van der Waals surface area (Å²) in [4.78, 5) is 11.8. The maximum absolute atomic E-state index is 11.8. The van der Waals surface area contributed by atoms with E-state index in [9.17, 15) is 4.79 Å². The SMILES string of the molecule is COc1cccc(OC)c1-c1ccccc1C(C)=O. The van der Waals surface area contributed by atoms with Crippen molar-refractivity contribution in [2.75, 3.05) is 14.2 Å². The van der Waals surface area contributed by atoms with Crippen molar-refractivity contribution < 1.29 is 14.3 Å². The van der Waals surface area contributed by atoms with Crippen LogP contribution in [0.1, 0.15) is 17.3 Å². The van der Waals surface area contributed by atoms with Crippen LogP contribution < -0.4 is 9.47 Å². The topological polar surface area (TPSA) is 35.5 Å². The molecule has 0 saturated carbocycles. The van der Waals surface area contributed by atoms with Crippen molar-refractivity contribution in [1.82, 2.24) is 0 Å². The molecule has 0 aromatic heterocycles. The first-order chi connectivity index (χ1) is 9.19. The molecule has 0 spiro atoms. The van der Waals surface area contributed by atoms with Gasteiger partial charge in [0.1, 0.15) is 11.5 Å². The maximum atomic E-state index is 11.8. The molecule has 2 aromatic rings. The molecular formula is C16H16O3. The van der Waals surface area contributed by atoms with Crippen LogP contribution in [-0.4, -0.2) is 20.0 Å². The summed E-state index contributed by atoms with van der Waals surface area (Å²) < 4.78 is 10.8. The third-order valence-electron chi connectivity index (χ3n) is 3.00. The van der Waals surface area contributed by atoms with Crippen LogP contribution in [0.5, 0.6) is 11.5 Å². The Hall–Kier alpha value is -2.29. The largest absolute Gasteiger partial charge is 0.496 e. The van der Waals surface area contributed by atoms with Crippen molar-refractivity contribution in [2.24, 2.45) is 0 Å². The molecule has 3 nitrogen and oxygen atoms in total. The number of Topliss-reactive ketones (excluding diaryl/α,β-unsaturated/α-hetero) is 1. The van der Waals surface area contributed by atoms with Crippen LogP contribution in [0.15, 0.2) is 42.5 Å². The first-order valence-electron chi connectivity index (χ1n) is 6.00. The van der Waals surface area contributed by atoms with Gasteiger partial charge in [0, 0.05) is 5.56 Å². The highest BCUT2D eigenvalue weighted by molar-refractivity contribution is 6.02. The zero-order valence-corrected chi connectivity index (χ0v) is 11.3. The summed E-state index contributed by atoms with van der Waals surface area (Å²) in [5, 5.41) is 0. The summed E-state index contributed by atoms with van der Waals surface area (Å²) in [6.45, 7) is 1.56. The van der Waals surface area contributed by atoms with Gasteiger partial charge in [-0.3, -0.25) is 4.79 Å². The van der Waals surface area contributed by atoms with E-state index >= 15 is 0 Å². The number of rotatable bonds is 4. The van der Waals surface area contributed by atoms with Crippen molar-refractivity contribution in [1.29, 1.82) is 0 Å². The number of carbonyl (C=O) groups excluding carboxylic acids is 1. The standard InChI is InChI=1S/C16H16O3/c1-11(17)12-7-4-5-8-13(12)16-14(18-2)9-6-10-15(16)19-3/h4-10H,1-3H3. The molecular weight excluding hydrogens is 240 g/mol. The molecule has 2 rings (SSSR count). The summed E-state index contributed by atoms with van der Waals surface area (Å²) >= 11 is 0. The van der Waals surface area contributed by atoms with Crippen LogP contribution in [0.3, 0.4) is 0 Å². The average Bonchev–Trinajstić information content (AvgIpc) is 2.46. The lowest BCUT2D eigenvalue weighted by Crippen LogP contribution is -1.99. The van der Waals surface area contributed by atoms with Crippen molar-refractivity contribution >= 4 is 5.78 Å².